The summed E-state index contributed by atoms with van der Waals surface area (Å²) >= 11 is 0. The van der Waals surface area contributed by atoms with Gasteiger partial charge < -0.3 is 15.7 Å². The van der Waals surface area contributed by atoms with Gasteiger partial charge in [-0.15, -0.1) is 0 Å². The molecule has 0 saturated heterocycles. The summed E-state index contributed by atoms with van der Waals surface area (Å²) in [5.41, 5.74) is 0.677. The number of rotatable bonds is 6. The molecule has 2 rings (SSSR count). The Hall–Kier alpha value is -2.14. The Bertz CT molecular complexity index is 573. The van der Waals surface area contributed by atoms with E-state index in [0.717, 1.165) is 44.1 Å². The molecule has 0 radical (unpaired) electrons. The minimum atomic E-state index is -0.777. The first-order valence-corrected chi connectivity index (χ1v) is 8.52. The highest BCUT2D eigenvalue weighted by Crippen LogP contribution is 2.26. The Morgan fingerprint density at radius 3 is 2.29 bits per heavy atom. The molecule has 2 amide bonds. The van der Waals surface area contributed by atoms with E-state index in [1.54, 1.807) is 24.3 Å². The van der Waals surface area contributed by atoms with Crippen LogP contribution in [0.25, 0.3) is 0 Å². The molecule has 24 heavy (non-hydrogen) atoms. The second-order valence-electron chi connectivity index (χ2n) is 6.44. The van der Waals surface area contributed by atoms with Gasteiger partial charge in [0.2, 0.25) is 5.91 Å². The van der Waals surface area contributed by atoms with Crippen molar-refractivity contribution in [2.45, 2.75) is 50.7 Å². The Labute approximate surface area is 143 Å². The van der Waals surface area contributed by atoms with Gasteiger partial charge in [-0.05, 0) is 36.6 Å². The van der Waals surface area contributed by atoms with Crippen LogP contribution in [0.2, 0.25) is 0 Å². The molecule has 5 nitrogen and oxygen atoms in total. The molecule has 0 heterocycles. The predicted molar refractivity (Wildman–Crippen MR) is 93.5 cm³/mol. The topological polar surface area (TPSA) is 78.4 Å². The zero-order valence-electron chi connectivity index (χ0n) is 14.0. The number of hydrogen-bond donors (Lipinski definition) is 3. The first kappa shape index (κ1) is 18.2. The van der Waals surface area contributed by atoms with Crippen LogP contribution in [0, 0.1) is 0 Å². The van der Waals surface area contributed by atoms with Crippen molar-refractivity contribution in [2.75, 3.05) is 6.54 Å². The molecule has 1 aliphatic rings. The SMILES string of the molecule is C=CC(=O)NCc1ccc(C(=O)NCC2(O)CCCCCC2)cc1. The quantitative estimate of drug-likeness (QED) is 0.553. The summed E-state index contributed by atoms with van der Waals surface area (Å²) in [6.07, 6.45) is 7.04. The molecule has 0 unspecified atom stereocenters. The van der Waals surface area contributed by atoms with Gasteiger partial charge in [0.15, 0.2) is 0 Å². The number of hydrogen-bond acceptors (Lipinski definition) is 3. The van der Waals surface area contributed by atoms with Crippen molar-refractivity contribution in [3.05, 3.63) is 48.0 Å². The summed E-state index contributed by atoms with van der Waals surface area (Å²) in [6, 6.07) is 7.06. The molecular formula is C19H26N2O3. The lowest BCUT2D eigenvalue weighted by molar-refractivity contribution is -0.116. The van der Waals surface area contributed by atoms with Gasteiger partial charge in [-0.3, -0.25) is 9.59 Å². The van der Waals surface area contributed by atoms with E-state index < -0.39 is 5.60 Å². The third-order valence-electron chi connectivity index (χ3n) is 4.48. The summed E-state index contributed by atoms with van der Waals surface area (Å²) in [6.45, 7) is 4.09. The van der Waals surface area contributed by atoms with Crippen molar-refractivity contribution >= 4 is 11.8 Å². The minimum Gasteiger partial charge on any atom is -0.388 e. The second-order valence-corrected chi connectivity index (χ2v) is 6.44. The Morgan fingerprint density at radius 2 is 1.71 bits per heavy atom. The van der Waals surface area contributed by atoms with Crippen LogP contribution < -0.4 is 10.6 Å². The number of carbonyl (C=O) groups excluding carboxylic acids is 2. The number of carbonyl (C=O) groups is 2. The van der Waals surface area contributed by atoms with E-state index in [0.29, 0.717) is 18.7 Å². The minimum absolute atomic E-state index is 0.186. The molecule has 0 aromatic heterocycles. The van der Waals surface area contributed by atoms with Crippen molar-refractivity contribution in [1.82, 2.24) is 10.6 Å². The zero-order valence-corrected chi connectivity index (χ0v) is 14.0. The Kier molecular flexibility index (Phi) is 6.55. The van der Waals surface area contributed by atoms with Crippen LogP contribution in [0.1, 0.15) is 54.4 Å². The monoisotopic (exact) mass is 330 g/mol. The maximum Gasteiger partial charge on any atom is 0.251 e. The molecule has 1 fully saturated rings. The molecule has 130 valence electrons. The number of nitrogens with one attached hydrogen (secondary N) is 2. The molecule has 1 aliphatic carbocycles. The van der Waals surface area contributed by atoms with Crippen LogP contribution in [0.5, 0.6) is 0 Å². The fraction of sp³-hybridized carbons (Fsp3) is 0.474. The summed E-state index contributed by atoms with van der Waals surface area (Å²) in [4.78, 5) is 23.4. The fourth-order valence-corrected chi connectivity index (χ4v) is 2.95. The third kappa shape index (κ3) is 5.49. The van der Waals surface area contributed by atoms with E-state index >= 15 is 0 Å². The lowest BCUT2D eigenvalue weighted by Crippen LogP contribution is -2.42. The standard InChI is InChI=1S/C19H26N2O3/c1-2-17(22)20-13-15-7-9-16(10-8-15)18(23)21-14-19(24)11-5-3-4-6-12-19/h2,7-10,24H,1,3-6,11-14H2,(H,20,22)(H,21,23). The molecule has 0 spiro atoms. The highest BCUT2D eigenvalue weighted by Gasteiger charge is 2.28. The first-order chi connectivity index (χ1) is 11.5. The molecule has 1 aromatic rings. The van der Waals surface area contributed by atoms with Gasteiger partial charge >= 0.3 is 0 Å². The van der Waals surface area contributed by atoms with Crippen LogP contribution in [0.4, 0.5) is 0 Å². The smallest absolute Gasteiger partial charge is 0.251 e. The highest BCUT2D eigenvalue weighted by atomic mass is 16.3. The second kappa shape index (κ2) is 8.64. The van der Waals surface area contributed by atoms with Crippen molar-refractivity contribution in [2.24, 2.45) is 0 Å². The first-order valence-electron chi connectivity index (χ1n) is 8.52. The predicted octanol–water partition coefficient (Wildman–Crippen LogP) is 2.30. The van der Waals surface area contributed by atoms with Crippen LogP contribution in [-0.4, -0.2) is 29.1 Å². The summed E-state index contributed by atoms with van der Waals surface area (Å²) < 4.78 is 0. The van der Waals surface area contributed by atoms with Crippen LogP contribution in [0.15, 0.2) is 36.9 Å². The Balaban J connectivity index is 1.85. The summed E-state index contributed by atoms with van der Waals surface area (Å²) in [5, 5.41) is 16.1. The molecule has 1 aromatic carbocycles. The van der Waals surface area contributed by atoms with E-state index in [9.17, 15) is 14.7 Å². The van der Waals surface area contributed by atoms with Crippen molar-refractivity contribution in [3.63, 3.8) is 0 Å². The van der Waals surface area contributed by atoms with E-state index in [1.807, 2.05) is 0 Å². The fourth-order valence-electron chi connectivity index (χ4n) is 2.95. The van der Waals surface area contributed by atoms with Gasteiger partial charge in [-0.25, -0.2) is 0 Å². The maximum absolute atomic E-state index is 12.2. The number of benzene rings is 1. The van der Waals surface area contributed by atoms with Crippen LogP contribution in [-0.2, 0) is 11.3 Å². The molecule has 1 saturated carbocycles. The third-order valence-corrected chi connectivity index (χ3v) is 4.48. The van der Waals surface area contributed by atoms with Crippen molar-refractivity contribution in [1.29, 1.82) is 0 Å². The van der Waals surface area contributed by atoms with E-state index in [1.165, 1.54) is 6.08 Å². The normalized spacial score (nSPS) is 16.7. The van der Waals surface area contributed by atoms with Gasteiger partial charge in [-0.1, -0.05) is 44.4 Å². The lowest BCUT2D eigenvalue weighted by Gasteiger charge is -2.26. The summed E-state index contributed by atoms with van der Waals surface area (Å²) in [5.74, 6) is -0.414. The summed E-state index contributed by atoms with van der Waals surface area (Å²) in [7, 11) is 0. The molecule has 0 bridgehead atoms. The van der Waals surface area contributed by atoms with E-state index in [2.05, 4.69) is 17.2 Å². The lowest BCUT2D eigenvalue weighted by atomic mass is 9.94. The van der Waals surface area contributed by atoms with Gasteiger partial charge in [0.1, 0.15) is 0 Å². The Morgan fingerprint density at radius 1 is 1.08 bits per heavy atom. The van der Waals surface area contributed by atoms with Gasteiger partial charge in [0, 0.05) is 18.7 Å². The molecule has 5 heteroatoms. The number of amides is 2. The zero-order chi connectivity index (χ0) is 17.4. The molecule has 0 aliphatic heterocycles. The van der Waals surface area contributed by atoms with Gasteiger partial charge in [0.25, 0.3) is 5.91 Å². The van der Waals surface area contributed by atoms with Crippen molar-refractivity contribution in [3.8, 4) is 0 Å². The average molecular weight is 330 g/mol. The molecular weight excluding hydrogens is 304 g/mol. The average Bonchev–Trinajstić information content (AvgIpc) is 2.83. The van der Waals surface area contributed by atoms with E-state index in [-0.39, 0.29) is 11.8 Å². The molecule has 0 atom stereocenters. The van der Waals surface area contributed by atoms with Crippen molar-refractivity contribution < 1.29 is 14.7 Å². The van der Waals surface area contributed by atoms with Gasteiger partial charge in [-0.2, -0.15) is 0 Å². The number of aliphatic hydroxyl groups is 1. The largest absolute Gasteiger partial charge is 0.388 e. The van der Waals surface area contributed by atoms with Crippen LogP contribution >= 0.6 is 0 Å². The highest BCUT2D eigenvalue weighted by molar-refractivity contribution is 5.94. The maximum atomic E-state index is 12.2. The van der Waals surface area contributed by atoms with E-state index in [4.69, 9.17) is 0 Å². The van der Waals surface area contributed by atoms with Gasteiger partial charge in [0.05, 0.1) is 5.60 Å². The van der Waals surface area contributed by atoms with Crippen LogP contribution in [0.3, 0.4) is 0 Å². The molecule has 3 N–H and O–H groups in total.